The van der Waals surface area contributed by atoms with Gasteiger partial charge in [0.25, 0.3) is 0 Å². The lowest BCUT2D eigenvalue weighted by atomic mass is 10.1. The van der Waals surface area contributed by atoms with Crippen molar-refractivity contribution in [3.8, 4) is 0 Å². The molecular weight excluding hydrogens is 405 g/mol. The minimum absolute atomic E-state index is 0.588. The monoisotopic (exact) mass is 425 g/mol. The molecule has 0 aliphatic rings. The number of para-hydroxylation sites is 2. The van der Waals surface area contributed by atoms with Crippen molar-refractivity contribution in [2.45, 2.75) is 6.92 Å². The Bertz CT molecular complexity index is 786. The first-order chi connectivity index (χ1) is 12.5. The average Bonchev–Trinajstić information content (AvgIpc) is 2.62. The number of rotatable bonds is 7. The van der Waals surface area contributed by atoms with Crippen molar-refractivity contribution in [2.24, 2.45) is 0 Å². The highest BCUT2D eigenvalue weighted by atomic mass is 35.5. The van der Waals surface area contributed by atoms with E-state index in [1.807, 2.05) is 73.9 Å². The molecule has 0 heterocycles. The molecule has 2 aromatic rings. The van der Waals surface area contributed by atoms with E-state index in [0.29, 0.717) is 16.6 Å². The van der Waals surface area contributed by atoms with Crippen LogP contribution in [0.2, 0.25) is 10.0 Å². The number of halogens is 2. The van der Waals surface area contributed by atoms with Crippen molar-refractivity contribution in [2.75, 3.05) is 24.0 Å². The average molecular weight is 426 g/mol. The van der Waals surface area contributed by atoms with Gasteiger partial charge >= 0.3 is 0 Å². The maximum atomic E-state index is 12.0. The lowest BCUT2D eigenvalue weighted by molar-refractivity contribution is 0.608. The van der Waals surface area contributed by atoms with Crippen LogP contribution in [0.5, 0.6) is 0 Å². The second-order valence-electron chi connectivity index (χ2n) is 5.43. The number of nitrogens with zero attached hydrogens (tertiary/aromatic N) is 1. The molecule has 0 aliphatic carbocycles. The van der Waals surface area contributed by atoms with Crippen LogP contribution in [-0.4, -0.2) is 23.6 Å². The molecule has 138 valence electrons. The van der Waals surface area contributed by atoms with Gasteiger partial charge in [0.1, 0.15) is 6.26 Å². The highest BCUT2D eigenvalue weighted by Crippen LogP contribution is 2.40. The van der Waals surface area contributed by atoms with Gasteiger partial charge in [-0.1, -0.05) is 71.4 Å². The van der Waals surface area contributed by atoms with Crippen LogP contribution in [0, 0.1) is 0 Å². The van der Waals surface area contributed by atoms with Crippen LogP contribution in [0.3, 0.4) is 0 Å². The Kier molecular flexibility index (Phi) is 8.45. The molecule has 0 amide bonds. The predicted molar refractivity (Wildman–Crippen MR) is 120 cm³/mol. The predicted octanol–water partition coefficient (Wildman–Crippen LogP) is 6.75. The maximum absolute atomic E-state index is 12.0. The number of benzene rings is 2. The molecule has 0 aromatic heterocycles. The van der Waals surface area contributed by atoms with E-state index in [-0.39, 0.29) is 0 Å². The van der Waals surface area contributed by atoms with Crippen LogP contribution >= 0.6 is 35.0 Å². The fourth-order valence-corrected chi connectivity index (χ4v) is 4.59. The minimum Gasteiger partial charge on any atom is -0.611 e. The second kappa shape index (κ2) is 10.3. The van der Waals surface area contributed by atoms with Crippen LogP contribution in [0.1, 0.15) is 12.5 Å². The third-order valence-corrected chi connectivity index (χ3v) is 6.74. The van der Waals surface area contributed by atoms with Crippen LogP contribution in [0.25, 0.3) is 6.08 Å². The first-order valence-electron chi connectivity index (χ1n) is 8.00. The van der Waals surface area contributed by atoms with Crippen LogP contribution in [0.15, 0.2) is 58.9 Å². The van der Waals surface area contributed by atoms with Crippen molar-refractivity contribution >= 4 is 63.6 Å². The SMILES string of the molecule is CC=CCN(c1ccccc1C=C(SC)[S+](C)[O-])c1c(Cl)cccc1Cl. The van der Waals surface area contributed by atoms with Gasteiger partial charge in [-0.3, -0.25) is 0 Å². The van der Waals surface area contributed by atoms with E-state index in [9.17, 15) is 4.55 Å². The minimum atomic E-state index is -1.04. The Labute approximate surface area is 173 Å². The van der Waals surface area contributed by atoms with E-state index in [2.05, 4.69) is 4.90 Å². The Morgan fingerprint density at radius 2 is 1.81 bits per heavy atom. The van der Waals surface area contributed by atoms with Crippen LogP contribution < -0.4 is 4.90 Å². The van der Waals surface area contributed by atoms with Crippen molar-refractivity contribution in [1.82, 2.24) is 0 Å². The van der Waals surface area contributed by atoms with Crippen molar-refractivity contribution in [1.29, 1.82) is 0 Å². The molecule has 0 saturated carbocycles. The van der Waals surface area contributed by atoms with Crippen molar-refractivity contribution in [3.63, 3.8) is 0 Å². The van der Waals surface area contributed by atoms with Gasteiger partial charge in [-0.15, -0.1) is 0 Å². The van der Waals surface area contributed by atoms with Gasteiger partial charge in [-0.05, 0) is 42.6 Å². The van der Waals surface area contributed by atoms with Gasteiger partial charge in [-0.2, -0.15) is 0 Å². The fraction of sp³-hybridized carbons (Fsp3) is 0.200. The summed E-state index contributed by atoms with van der Waals surface area (Å²) in [6.07, 6.45) is 9.62. The molecular formula is C20H21Cl2NOS2. The first-order valence-corrected chi connectivity index (χ1v) is 11.5. The second-order valence-corrected chi connectivity index (χ2v) is 8.70. The Morgan fingerprint density at radius 1 is 1.15 bits per heavy atom. The molecule has 26 heavy (non-hydrogen) atoms. The maximum Gasteiger partial charge on any atom is 0.186 e. The number of hydrogen-bond acceptors (Lipinski definition) is 3. The normalized spacial score (nSPS) is 13.2. The molecule has 0 bridgehead atoms. The molecule has 0 spiro atoms. The van der Waals surface area contributed by atoms with E-state index in [4.69, 9.17) is 23.2 Å². The summed E-state index contributed by atoms with van der Waals surface area (Å²) in [6, 6.07) is 13.5. The fourth-order valence-electron chi connectivity index (χ4n) is 2.51. The summed E-state index contributed by atoms with van der Waals surface area (Å²) in [7, 11) is 0. The summed E-state index contributed by atoms with van der Waals surface area (Å²) in [4.78, 5) is 2.08. The third-order valence-electron chi connectivity index (χ3n) is 3.72. The first kappa shape index (κ1) is 21.3. The van der Waals surface area contributed by atoms with E-state index in [1.165, 1.54) is 11.8 Å². The summed E-state index contributed by atoms with van der Waals surface area (Å²) >= 11 is 13.4. The summed E-state index contributed by atoms with van der Waals surface area (Å²) in [5, 5.41) is 1.18. The van der Waals surface area contributed by atoms with Gasteiger partial charge in [0, 0.05) is 23.9 Å². The summed E-state index contributed by atoms with van der Waals surface area (Å²) in [6.45, 7) is 2.60. The molecule has 1 unspecified atom stereocenters. The lowest BCUT2D eigenvalue weighted by Crippen LogP contribution is -2.19. The zero-order chi connectivity index (χ0) is 19.1. The summed E-state index contributed by atoms with van der Waals surface area (Å²) < 4.78 is 12.8. The number of thioether (sulfide) groups is 1. The Balaban J connectivity index is 2.64. The molecule has 0 N–H and O–H groups in total. The Morgan fingerprint density at radius 3 is 2.38 bits per heavy atom. The van der Waals surface area contributed by atoms with Crippen molar-refractivity contribution < 1.29 is 4.55 Å². The van der Waals surface area contributed by atoms with Gasteiger partial charge in [0.15, 0.2) is 4.24 Å². The molecule has 0 radical (unpaired) electrons. The van der Waals surface area contributed by atoms with E-state index < -0.39 is 11.2 Å². The van der Waals surface area contributed by atoms with Gasteiger partial charge < -0.3 is 9.45 Å². The third kappa shape index (κ3) is 5.24. The van der Waals surface area contributed by atoms with E-state index >= 15 is 0 Å². The zero-order valence-corrected chi connectivity index (χ0v) is 18.1. The molecule has 0 saturated heterocycles. The van der Waals surface area contributed by atoms with Gasteiger partial charge in [0.05, 0.1) is 15.7 Å². The number of hydrogen-bond donors (Lipinski definition) is 0. The summed E-state index contributed by atoms with van der Waals surface area (Å²) in [5.74, 6) is 0. The van der Waals surface area contributed by atoms with E-state index in [0.717, 1.165) is 21.2 Å². The molecule has 0 aliphatic heterocycles. The highest BCUT2D eigenvalue weighted by molar-refractivity contribution is 8.18. The quantitative estimate of drug-likeness (QED) is 0.362. The topological polar surface area (TPSA) is 26.3 Å². The molecule has 2 aromatic carbocycles. The molecule has 2 rings (SSSR count). The standard InChI is InChI=1S/C20H21Cl2NOS2/c1-4-5-13-23(20-16(21)10-8-11-17(20)22)18-12-7-6-9-15(18)14-19(25-2)26(3)24/h4-12,14H,13H2,1-3H3. The molecule has 1 atom stereocenters. The van der Waals surface area contributed by atoms with Gasteiger partial charge in [-0.25, -0.2) is 0 Å². The van der Waals surface area contributed by atoms with Crippen LogP contribution in [0.4, 0.5) is 11.4 Å². The smallest absolute Gasteiger partial charge is 0.186 e. The van der Waals surface area contributed by atoms with Gasteiger partial charge in [0.2, 0.25) is 0 Å². The largest absolute Gasteiger partial charge is 0.611 e. The number of anilines is 2. The highest BCUT2D eigenvalue weighted by Gasteiger charge is 2.18. The zero-order valence-electron chi connectivity index (χ0n) is 14.9. The molecule has 6 heteroatoms. The van der Waals surface area contributed by atoms with Crippen molar-refractivity contribution in [3.05, 3.63) is 74.5 Å². The Hall–Kier alpha value is -1.04. The van der Waals surface area contributed by atoms with Crippen LogP contribution in [-0.2, 0) is 11.2 Å². The number of allylic oxidation sites excluding steroid dienone is 1. The van der Waals surface area contributed by atoms with E-state index in [1.54, 1.807) is 6.26 Å². The molecule has 2 nitrogen and oxygen atoms in total. The molecule has 0 fully saturated rings. The summed E-state index contributed by atoms with van der Waals surface area (Å²) in [5.41, 5.74) is 2.68. The lowest BCUT2D eigenvalue weighted by Gasteiger charge is -2.27.